The van der Waals surface area contributed by atoms with Crippen molar-refractivity contribution in [2.45, 2.75) is 39.0 Å². The summed E-state index contributed by atoms with van der Waals surface area (Å²) < 4.78 is 28.9. The first kappa shape index (κ1) is 21.0. The topological polar surface area (TPSA) is 53.6 Å². The van der Waals surface area contributed by atoms with E-state index in [9.17, 15) is 13.6 Å². The molecule has 0 saturated carbocycles. The van der Waals surface area contributed by atoms with Crippen LogP contribution in [0, 0.1) is 0 Å². The van der Waals surface area contributed by atoms with Gasteiger partial charge in [0.25, 0.3) is 5.91 Å². The molecule has 1 amide bonds. The van der Waals surface area contributed by atoms with E-state index in [1.54, 1.807) is 12.1 Å². The number of carbonyl (C=O) groups excluding carboxylic acids is 1. The smallest absolute Gasteiger partial charge is 0.387 e. The van der Waals surface area contributed by atoms with Crippen LogP contribution in [0.1, 0.15) is 35.7 Å². The van der Waals surface area contributed by atoms with Crippen LogP contribution in [-0.2, 0) is 6.54 Å². The summed E-state index contributed by atoms with van der Waals surface area (Å²) >= 11 is 0. The van der Waals surface area contributed by atoms with Crippen molar-refractivity contribution in [1.29, 1.82) is 0 Å². The Morgan fingerprint density at radius 1 is 1.10 bits per heavy atom. The molecule has 1 heterocycles. The summed E-state index contributed by atoms with van der Waals surface area (Å²) in [5.74, 6) is 0.131. The number of hydrogen-bond donors (Lipinski definition) is 2. The first-order valence-electron chi connectivity index (χ1n) is 9.95. The molecule has 1 saturated heterocycles. The molecule has 0 bridgehead atoms. The third-order valence-electron chi connectivity index (χ3n) is 5.07. The lowest BCUT2D eigenvalue weighted by molar-refractivity contribution is -0.0498. The molecule has 29 heavy (non-hydrogen) atoms. The van der Waals surface area contributed by atoms with E-state index in [1.165, 1.54) is 0 Å². The lowest BCUT2D eigenvalue weighted by Crippen LogP contribution is -2.42. The number of hydrogen-bond acceptors (Lipinski definition) is 4. The van der Waals surface area contributed by atoms with E-state index in [0.717, 1.165) is 43.7 Å². The third kappa shape index (κ3) is 6.15. The lowest BCUT2D eigenvalue weighted by atomic mass is 10.0. The predicted molar refractivity (Wildman–Crippen MR) is 110 cm³/mol. The molecule has 1 fully saturated rings. The Labute approximate surface area is 170 Å². The standard InChI is InChI=1S/C22H27F2N3O2/c1-2-25-21(28)17-5-3-16(4-6-17)15-26-18-11-13-27(14-12-18)19-7-9-20(10-8-19)29-22(23)24/h3-10,18,22,26H,2,11-15H2,1H3,(H,25,28). The Morgan fingerprint density at radius 2 is 1.76 bits per heavy atom. The molecule has 2 aromatic carbocycles. The van der Waals surface area contributed by atoms with Gasteiger partial charge in [-0.2, -0.15) is 8.78 Å². The number of nitrogens with one attached hydrogen (secondary N) is 2. The van der Waals surface area contributed by atoms with E-state index in [-0.39, 0.29) is 11.7 Å². The second-order valence-electron chi connectivity index (χ2n) is 7.07. The number of nitrogens with zero attached hydrogens (tertiary/aromatic N) is 1. The van der Waals surface area contributed by atoms with Gasteiger partial charge in [-0.3, -0.25) is 4.79 Å². The summed E-state index contributed by atoms with van der Waals surface area (Å²) in [5, 5.41) is 6.38. The SMILES string of the molecule is CCNC(=O)c1ccc(CNC2CCN(c3ccc(OC(F)F)cc3)CC2)cc1. The number of rotatable bonds is 8. The Morgan fingerprint density at radius 3 is 2.34 bits per heavy atom. The van der Waals surface area contributed by atoms with Crippen LogP contribution in [0.15, 0.2) is 48.5 Å². The Balaban J connectivity index is 1.43. The van der Waals surface area contributed by atoms with Crippen molar-refractivity contribution in [3.05, 3.63) is 59.7 Å². The molecule has 1 aliphatic heterocycles. The van der Waals surface area contributed by atoms with Gasteiger partial charge < -0.3 is 20.3 Å². The van der Waals surface area contributed by atoms with Crippen molar-refractivity contribution >= 4 is 11.6 Å². The summed E-state index contributed by atoms with van der Waals surface area (Å²) in [7, 11) is 0. The first-order valence-corrected chi connectivity index (χ1v) is 9.95. The summed E-state index contributed by atoms with van der Waals surface area (Å²) in [5.41, 5.74) is 2.84. The van der Waals surface area contributed by atoms with Gasteiger partial charge in [-0.1, -0.05) is 12.1 Å². The second kappa shape index (κ2) is 10.2. The third-order valence-corrected chi connectivity index (χ3v) is 5.07. The van der Waals surface area contributed by atoms with Crippen LogP contribution in [-0.4, -0.2) is 38.2 Å². The number of halogens is 2. The van der Waals surface area contributed by atoms with Gasteiger partial charge in [0, 0.05) is 43.5 Å². The van der Waals surface area contributed by atoms with Gasteiger partial charge in [0.1, 0.15) is 5.75 Å². The average Bonchev–Trinajstić information content (AvgIpc) is 2.73. The lowest BCUT2D eigenvalue weighted by Gasteiger charge is -2.34. The van der Waals surface area contributed by atoms with Gasteiger partial charge in [-0.05, 0) is 61.7 Å². The van der Waals surface area contributed by atoms with Crippen molar-refractivity contribution in [3.8, 4) is 5.75 Å². The number of benzene rings is 2. The normalized spacial score (nSPS) is 14.8. The van der Waals surface area contributed by atoms with E-state index >= 15 is 0 Å². The van der Waals surface area contributed by atoms with E-state index in [1.807, 2.05) is 43.3 Å². The van der Waals surface area contributed by atoms with Crippen LogP contribution in [0.5, 0.6) is 5.75 Å². The minimum atomic E-state index is -2.80. The minimum Gasteiger partial charge on any atom is -0.435 e. The van der Waals surface area contributed by atoms with Gasteiger partial charge in [0.2, 0.25) is 0 Å². The zero-order valence-corrected chi connectivity index (χ0v) is 16.5. The van der Waals surface area contributed by atoms with Crippen LogP contribution < -0.4 is 20.3 Å². The number of amides is 1. The molecule has 5 nitrogen and oxygen atoms in total. The molecule has 0 atom stereocenters. The highest BCUT2D eigenvalue weighted by Gasteiger charge is 2.19. The molecule has 0 aliphatic carbocycles. The highest BCUT2D eigenvalue weighted by Crippen LogP contribution is 2.24. The van der Waals surface area contributed by atoms with Gasteiger partial charge in [-0.15, -0.1) is 0 Å². The highest BCUT2D eigenvalue weighted by atomic mass is 19.3. The average molecular weight is 403 g/mol. The summed E-state index contributed by atoms with van der Waals surface area (Å²) in [6.45, 7) is 2.30. The number of carbonyl (C=O) groups is 1. The zero-order chi connectivity index (χ0) is 20.6. The Bertz CT molecular complexity index is 774. The molecular weight excluding hydrogens is 376 g/mol. The number of alkyl halides is 2. The molecule has 0 radical (unpaired) electrons. The molecule has 0 spiro atoms. The largest absolute Gasteiger partial charge is 0.435 e. The molecule has 2 N–H and O–H groups in total. The molecular formula is C22H27F2N3O2. The van der Waals surface area contributed by atoms with E-state index < -0.39 is 6.61 Å². The summed E-state index contributed by atoms with van der Waals surface area (Å²) in [4.78, 5) is 14.1. The van der Waals surface area contributed by atoms with Crippen molar-refractivity contribution in [2.75, 3.05) is 24.5 Å². The monoisotopic (exact) mass is 403 g/mol. The van der Waals surface area contributed by atoms with E-state index in [4.69, 9.17) is 0 Å². The number of ether oxygens (including phenoxy) is 1. The fourth-order valence-corrected chi connectivity index (χ4v) is 3.48. The van der Waals surface area contributed by atoms with Crippen molar-refractivity contribution in [1.82, 2.24) is 10.6 Å². The first-order chi connectivity index (χ1) is 14.0. The molecule has 0 aromatic heterocycles. The summed E-state index contributed by atoms with van der Waals surface area (Å²) in [6, 6.07) is 14.9. The van der Waals surface area contributed by atoms with Gasteiger partial charge >= 0.3 is 6.61 Å². The molecule has 156 valence electrons. The summed E-state index contributed by atoms with van der Waals surface area (Å²) in [6.07, 6.45) is 2.01. The molecule has 3 rings (SSSR count). The van der Waals surface area contributed by atoms with Gasteiger partial charge in [-0.25, -0.2) is 0 Å². The molecule has 0 unspecified atom stereocenters. The second-order valence-corrected chi connectivity index (χ2v) is 7.07. The van der Waals surface area contributed by atoms with Gasteiger partial charge in [0.15, 0.2) is 0 Å². The van der Waals surface area contributed by atoms with E-state index in [0.29, 0.717) is 18.2 Å². The fourth-order valence-electron chi connectivity index (χ4n) is 3.48. The molecule has 1 aliphatic rings. The maximum atomic E-state index is 12.2. The van der Waals surface area contributed by atoms with Crippen molar-refractivity contribution in [3.63, 3.8) is 0 Å². The van der Waals surface area contributed by atoms with E-state index in [2.05, 4.69) is 20.3 Å². The van der Waals surface area contributed by atoms with Crippen LogP contribution >= 0.6 is 0 Å². The number of piperidine rings is 1. The van der Waals surface area contributed by atoms with Crippen LogP contribution in [0.3, 0.4) is 0 Å². The van der Waals surface area contributed by atoms with Crippen molar-refractivity contribution < 1.29 is 18.3 Å². The predicted octanol–water partition coefficient (Wildman–Crippen LogP) is 3.80. The maximum Gasteiger partial charge on any atom is 0.387 e. The van der Waals surface area contributed by atoms with Crippen LogP contribution in [0.25, 0.3) is 0 Å². The Hall–Kier alpha value is -2.67. The Kier molecular flexibility index (Phi) is 7.41. The van der Waals surface area contributed by atoms with Gasteiger partial charge in [0.05, 0.1) is 0 Å². The van der Waals surface area contributed by atoms with Crippen LogP contribution in [0.4, 0.5) is 14.5 Å². The van der Waals surface area contributed by atoms with Crippen molar-refractivity contribution in [2.24, 2.45) is 0 Å². The molecule has 7 heteroatoms. The van der Waals surface area contributed by atoms with Crippen LogP contribution in [0.2, 0.25) is 0 Å². The highest BCUT2D eigenvalue weighted by molar-refractivity contribution is 5.94. The molecule has 2 aromatic rings. The fraction of sp³-hybridized carbons (Fsp3) is 0.409. The quantitative estimate of drug-likeness (QED) is 0.704. The zero-order valence-electron chi connectivity index (χ0n) is 16.5. The maximum absolute atomic E-state index is 12.2. The minimum absolute atomic E-state index is 0.0480. The number of anilines is 1.